The second-order valence-corrected chi connectivity index (χ2v) is 9.59. The van der Waals surface area contributed by atoms with Crippen molar-refractivity contribution in [1.82, 2.24) is 20.3 Å². The molecule has 0 saturated heterocycles. The molecule has 174 valence electrons. The Morgan fingerprint density at radius 1 is 1.12 bits per heavy atom. The molecule has 0 spiro atoms. The molecular weight excluding hydrogens is 475 g/mol. The third-order valence-electron chi connectivity index (χ3n) is 4.70. The smallest absolute Gasteiger partial charge is 0.275 e. The molecule has 0 aliphatic heterocycles. The van der Waals surface area contributed by atoms with Gasteiger partial charge in [-0.3, -0.25) is 20.4 Å². The highest BCUT2D eigenvalue weighted by atomic mass is 35.5. The van der Waals surface area contributed by atoms with Crippen LogP contribution in [0.3, 0.4) is 0 Å². The standard InChI is InChI=1S/C21H20ClFN4O5S/c1-12-7-9-14(10-8-12)33(30,31)27(3)11-17(28)24-25-21(29)18-13(2)32-26-20(18)19-15(22)5-4-6-16(19)23/h4-10H,11H2,1-3H3,(H,24,28)(H,25,29). The van der Waals surface area contributed by atoms with Crippen LogP contribution >= 0.6 is 11.6 Å². The van der Waals surface area contributed by atoms with Crippen LogP contribution in [0.25, 0.3) is 11.3 Å². The molecule has 3 aromatic rings. The zero-order valence-corrected chi connectivity index (χ0v) is 19.4. The molecule has 12 heteroatoms. The molecule has 3 rings (SSSR count). The SMILES string of the molecule is Cc1ccc(S(=O)(=O)N(C)CC(=O)NNC(=O)c2c(-c3c(F)cccc3Cl)noc2C)cc1. The number of halogens is 2. The highest BCUT2D eigenvalue weighted by molar-refractivity contribution is 7.89. The molecule has 2 aromatic carbocycles. The Bertz CT molecular complexity index is 1290. The number of carbonyl (C=O) groups is 2. The van der Waals surface area contributed by atoms with E-state index in [1.807, 2.05) is 6.92 Å². The highest BCUT2D eigenvalue weighted by Crippen LogP contribution is 2.33. The van der Waals surface area contributed by atoms with E-state index >= 15 is 0 Å². The fourth-order valence-corrected chi connectivity index (χ4v) is 4.32. The Morgan fingerprint density at radius 3 is 2.42 bits per heavy atom. The Labute approximate surface area is 194 Å². The number of hydrazine groups is 1. The van der Waals surface area contributed by atoms with Gasteiger partial charge in [0, 0.05) is 7.05 Å². The van der Waals surface area contributed by atoms with E-state index in [-0.39, 0.29) is 32.5 Å². The molecule has 0 aliphatic carbocycles. The number of aryl methyl sites for hydroxylation is 2. The van der Waals surface area contributed by atoms with Crippen LogP contribution in [-0.2, 0) is 14.8 Å². The van der Waals surface area contributed by atoms with Crippen LogP contribution in [0.5, 0.6) is 0 Å². The molecule has 2 N–H and O–H groups in total. The van der Waals surface area contributed by atoms with Crippen LogP contribution in [0.2, 0.25) is 5.02 Å². The minimum absolute atomic E-state index is 0.0179. The molecule has 2 amide bonds. The van der Waals surface area contributed by atoms with E-state index in [1.165, 1.54) is 38.2 Å². The van der Waals surface area contributed by atoms with Crippen molar-refractivity contribution in [1.29, 1.82) is 0 Å². The number of hydrogen-bond acceptors (Lipinski definition) is 6. The molecular formula is C21H20ClFN4O5S. The summed E-state index contributed by atoms with van der Waals surface area (Å²) in [4.78, 5) is 24.9. The van der Waals surface area contributed by atoms with E-state index in [2.05, 4.69) is 16.0 Å². The number of rotatable bonds is 6. The quantitative estimate of drug-likeness (QED) is 0.508. The number of sulfonamides is 1. The van der Waals surface area contributed by atoms with Crippen molar-refractivity contribution >= 4 is 33.4 Å². The van der Waals surface area contributed by atoms with Gasteiger partial charge >= 0.3 is 0 Å². The number of carbonyl (C=O) groups excluding carboxylic acids is 2. The molecule has 0 fully saturated rings. The first-order valence-corrected chi connectivity index (χ1v) is 11.4. The zero-order chi connectivity index (χ0) is 24.3. The van der Waals surface area contributed by atoms with E-state index < -0.39 is 34.2 Å². The van der Waals surface area contributed by atoms with Gasteiger partial charge in [-0.2, -0.15) is 4.31 Å². The Kier molecular flexibility index (Phi) is 7.15. The summed E-state index contributed by atoms with van der Waals surface area (Å²) in [5, 5.41) is 3.73. The fourth-order valence-electron chi connectivity index (χ4n) is 2.94. The van der Waals surface area contributed by atoms with Gasteiger partial charge in [0.05, 0.1) is 22.0 Å². The third-order valence-corrected chi connectivity index (χ3v) is 6.83. The van der Waals surface area contributed by atoms with Gasteiger partial charge in [0.15, 0.2) is 0 Å². The number of nitrogens with zero attached hydrogens (tertiary/aromatic N) is 2. The molecule has 0 saturated carbocycles. The second kappa shape index (κ2) is 9.69. The maximum Gasteiger partial charge on any atom is 0.275 e. The van der Waals surface area contributed by atoms with Crippen molar-refractivity contribution in [3.05, 3.63) is 70.2 Å². The van der Waals surface area contributed by atoms with Crippen LogP contribution in [0.1, 0.15) is 21.7 Å². The lowest BCUT2D eigenvalue weighted by Crippen LogP contribution is -2.46. The second-order valence-electron chi connectivity index (χ2n) is 7.14. The first-order valence-electron chi connectivity index (χ1n) is 9.55. The molecule has 33 heavy (non-hydrogen) atoms. The molecule has 1 aromatic heterocycles. The summed E-state index contributed by atoms with van der Waals surface area (Å²) in [5.41, 5.74) is 4.77. The molecule has 0 unspecified atom stereocenters. The minimum Gasteiger partial charge on any atom is -0.360 e. The maximum absolute atomic E-state index is 14.3. The largest absolute Gasteiger partial charge is 0.360 e. The summed E-state index contributed by atoms with van der Waals surface area (Å²) in [7, 11) is -2.68. The van der Waals surface area contributed by atoms with E-state index in [4.69, 9.17) is 16.1 Å². The van der Waals surface area contributed by atoms with Crippen LogP contribution in [-0.4, -0.2) is 43.3 Å². The van der Waals surface area contributed by atoms with Crippen molar-refractivity contribution in [2.75, 3.05) is 13.6 Å². The van der Waals surface area contributed by atoms with Crippen molar-refractivity contribution in [3.63, 3.8) is 0 Å². The number of benzene rings is 2. The van der Waals surface area contributed by atoms with E-state index in [0.29, 0.717) is 0 Å². The average Bonchev–Trinajstić information content (AvgIpc) is 3.13. The molecule has 9 nitrogen and oxygen atoms in total. The maximum atomic E-state index is 14.3. The molecule has 1 heterocycles. The summed E-state index contributed by atoms with van der Waals surface area (Å²) >= 11 is 6.05. The van der Waals surface area contributed by atoms with Crippen molar-refractivity contribution in [2.24, 2.45) is 0 Å². The number of amides is 2. The number of hydrogen-bond donors (Lipinski definition) is 2. The first-order chi connectivity index (χ1) is 15.5. The zero-order valence-electron chi connectivity index (χ0n) is 17.8. The van der Waals surface area contributed by atoms with Gasteiger partial charge < -0.3 is 4.52 Å². The monoisotopic (exact) mass is 494 g/mol. The van der Waals surface area contributed by atoms with Crippen LogP contribution < -0.4 is 10.9 Å². The minimum atomic E-state index is -3.91. The van der Waals surface area contributed by atoms with Crippen molar-refractivity contribution < 1.29 is 26.9 Å². The topological polar surface area (TPSA) is 122 Å². The van der Waals surface area contributed by atoms with Gasteiger partial charge in [-0.25, -0.2) is 12.8 Å². The molecule has 0 atom stereocenters. The Hall–Kier alpha value is -3.28. The van der Waals surface area contributed by atoms with Crippen LogP contribution in [0.4, 0.5) is 4.39 Å². The van der Waals surface area contributed by atoms with Gasteiger partial charge in [-0.05, 0) is 38.1 Å². The number of aromatic nitrogens is 1. The van der Waals surface area contributed by atoms with Gasteiger partial charge in [-0.1, -0.05) is 40.5 Å². The third kappa shape index (κ3) is 5.21. The number of likely N-dealkylation sites (N-methyl/N-ethyl adjacent to an activating group) is 1. The number of nitrogens with one attached hydrogen (secondary N) is 2. The molecule has 0 bridgehead atoms. The summed E-state index contributed by atoms with van der Waals surface area (Å²) in [6.45, 7) is 2.69. The summed E-state index contributed by atoms with van der Waals surface area (Å²) in [6, 6.07) is 10.1. The Balaban J connectivity index is 1.70. The normalized spacial score (nSPS) is 11.5. The predicted octanol–water partition coefficient (Wildman–Crippen LogP) is 2.83. The molecule has 0 radical (unpaired) electrons. The lowest BCUT2D eigenvalue weighted by atomic mass is 10.1. The summed E-state index contributed by atoms with van der Waals surface area (Å²) in [6.07, 6.45) is 0. The van der Waals surface area contributed by atoms with Gasteiger partial charge in [0.25, 0.3) is 11.8 Å². The molecule has 0 aliphatic rings. The lowest BCUT2D eigenvalue weighted by molar-refractivity contribution is -0.121. The van der Waals surface area contributed by atoms with Crippen molar-refractivity contribution in [3.8, 4) is 11.3 Å². The van der Waals surface area contributed by atoms with Crippen LogP contribution in [0, 0.1) is 19.7 Å². The first kappa shape index (κ1) is 24.4. The lowest BCUT2D eigenvalue weighted by Gasteiger charge is -2.17. The summed E-state index contributed by atoms with van der Waals surface area (Å²) in [5.74, 6) is -2.30. The predicted molar refractivity (Wildman–Crippen MR) is 118 cm³/mol. The van der Waals surface area contributed by atoms with Crippen molar-refractivity contribution in [2.45, 2.75) is 18.7 Å². The van der Waals surface area contributed by atoms with Gasteiger partial charge in [-0.15, -0.1) is 0 Å². The Morgan fingerprint density at radius 2 is 1.79 bits per heavy atom. The fraction of sp³-hybridized carbons (Fsp3) is 0.190. The van der Waals surface area contributed by atoms with Crippen LogP contribution in [0.15, 0.2) is 51.9 Å². The van der Waals surface area contributed by atoms with Gasteiger partial charge in [0.1, 0.15) is 22.8 Å². The van der Waals surface area contributed by atoms with E-state index in [0.717, 1.165) is 15.9 Å². The van der Waals surface area contributed by atoms with Gasteiger partial charge in [0.2, 0.25) is 10.0 Å². The highest BCUT2D eigenvalue weighted by Gasteiger charge is 2.27. The van der Waals surface area contributed by atoms with E-state index in [9.17, 15) is 22.4 Å². The summed E-state index contributed by atoms with van der Waals surface area (Å²) < 4.78 is 45.4. The average molecular weight is 495 g/mol. The van der Waals surface area contributed by atoms with E-state index in [1.54, 1.807) is 12.1 Å².